The first-order valence-corrected chi connectivity index (χ1v) is 38.1. The van der Waals surface area contributed by atoms with E-state index in [1.807, 2.05) is 0 Å². The molecule has 20 heteroatoms. The Morgan fingerprint density at radius 2 is 0.737 bits per heavy atom. The number of carbonyl (C=O) groups is 4. The second-order valence-corrected chi connectivity index (χ2v) is 25.0. The van der Waals surface area contributed by atoms with Gasteiger partial charge < -0.3 is 63.7 Å². The van der Waals surface area contributed by atoms with Gasteiger partial charge in [0.25, 0.3) is 0 Å². The number of hydrogen-bond acceptors (Lipinski definition) is 15. The van der Waals surface area contributed by atoms with Gasteiger partial charge in [-0.1, -0.05) is 244 Å². The second-order valence-electron chi connectivity index (χ2n) is 25.0. The van der Waals surface area contributed by atoms with Crippen LogP contribution in [0.5, 0.6) is 0 Å². The predicted octanol–water partition coefficient (Wildman–Crippen LogP) is 18.0. The first-order chi connectivity index (χ1) is 46.4. The number of allylic oxidation sites excluding steroid dienone is 4. The Hall–Kier alpha value is -3.37. The maximum Gasteiger partial charge on any atom is 0.490 e. The van der Waals surface area contributed by atoms with Gasteiger partial charge in [-0.2, -0.15) is 13.2 Å². The van der Waals surface area contributed by atoms with Crippen molar-refractivity contribution in [3.8, 4) is 0 Å². The molecular weight excluding hydrogens is 1220 g/mol. The highest BCUT2D eigenvalue weighted by molar-refractivity contribution is 5.73. The average molecular weight is 1370 g/mol. The number of unbranched alkanes of at least 4 members (excludes halogenated alkanes) is 37. The molecular formula is C75H142F3N3O14. The standard InChI is InChI=1S/C73H141N3O12.C2HF3O2/c1-5-8-11-14-17-20-23-26-29-31-34-37-40-43-46-49-55-84-68-70(85-56-50-47-44-41-38-35-32-30-27-24-21-18-15-12-9-6-2)69(51-48-45-42-39-36-33-28-25-22-19-16-13-10-7-3)88-73(79)76-54-58-81-60-61-82-62-63-83-64-65-87-72(78)67-75-53-59-86-71(77)66-74-52-57-80-4;3-2(4,5)1(6)7/h26-27,29-30,69-70,74-75H,5-25,28,31-68H2,1-4H3,(H,76,79);(H,6,7)/b29-26-,30-27-;. The number of alkyl halides is 3. The van der Waals surface area contributed by atoms with E-state index in [0.717, 1.165) is 38.5 Å². The molecule has 2 unspecified atom stereocenters. The summed E-state index contributed by atoms with van der Waals surface area (Å²) in [5.41, 5.74) is 0. The number of amides is 1. The van der Waals surface area contributed by atoms with Crippen LogP contribution >= 0.6 is 0 Å². The van der Waals surface area contributed by atoms with Crippen molar-refractivity contribution in [2.45, 2.75) is 315 Å². The lowest BCUT2D eigenvalue weighted by molar-refractivity contribution is -0.192. The molecule has 95 heavy (non-hydrogen) atoms. The first-order valence-electron chi connectivity index (χ1n) is 38.1. The molecule has 562 valence electrons. The van der Waals surface area contributed by atoms with E-state index in [2.05, 4.69) is 61.0 Å². The highest BCUT2D eigenvalue weighted by Crippen LogP contribution is 2.20. The van der Waals surface area contributed by atoms with Gasteiger partial charge in [0.1, 0.15) is 25.4 Å². The maximum absolute atomic E-state index is 13.5. The Labute approximate surface area is 576 Å². The van der Waals surface area contributed by atoms with E-state index in [4.69, 9.17) is 52.5 Å². The summed E-state index contributed by atoms with van der Waals surface area (Å²) in [4.78, 5) is 46.0. The smallest absolute Gasteiger partial charge is 0.475 e. The molecule has 0 aromatic rings. The van der Waals surface area contributed by atoms with Gasteiger partial charge in [-0.3, -0.25) is 9.59 Å². The third kappa shape index (κ3) is 77.8. The summed E-state index contributed by atoms with van der Waals surface area (Å²) < 4.78 is 83.1. The molecule has 0 aliphatic carbocycles. The lowest BCUT2D eigenvalue weighted by Gasteiger charge is -2.27. The number of methoxy groups -OCH3 is 1. The van der Waals surface area contributed by atoms with Crippen LogP contribution in [0.4, 0.5) is 18.0 Å². The van der Waals surface area contributed by atoms with Crippen molar-refractivity contribution in [1.29, 1.82) is 0 Å². The molecule has 0 saturated heterocycles. The average Bonchev–Trinajstić information content (AvgIpc) is 2.43. The summed E-state index contributed by atoms with van der Waals surface area (Å²) in [7, 11) is 1.60. The fraction of sp³-hybridized carbons (Fsp3) is 0.893. The number of ether oxygens (including phenoxy) is 9. The van der Waals surface area contributed by atoms with E-state index < -0.39 is 30.3 Å². The molecule has 0 aliphatic heterocycles. The molecule has 0 aromatic carbocycles. The van der Waals surface area contributed by atoms with Gasteiger partial charge in [0.05, 0.1) is 65.9 Å². The molecule has 0 heterocycles. The van der Waals surface area contributed by atoms with Crippen LogP contribution in [-0.4, -0.2) is 167 Å². The predicted molar refractivity (Wildman–Crippen MR) is 378 cm³/mol. The van der Waals surface area contributed by atoms with E-state index in [-0.39, 0.29) is 45.0 Å². The monoisotopic (exact) mass is 1370 g/mol. The van der Waals surface area contributed by atoms with Crippen LogP contribution in [0.25, 0.3) is 0 Å². The fourth-order valence-corrected chi connectivity index (χ4v) is 10.4. The van der Waals surface area contributed by atoms with Crippen molar-refractivity contribution in [2.75, 3.05) is 119 Å². The van der Waals surface area contributed by atoms with Crippen molar-refractivity contribution >= 4 is 24.0 Å². The number of alkyl carbamates (subject to hydrolysis) is 1. The van der Waals surface area contributed by atoms with Crippen LogP contribution in [0.2, 0.25) is 0 Å². The van der Waals surface area contributed by atoms with Crippen LogP contribution in [0, 0.1) is 0 Å². The van der Waals surface area contributed by atoms with Crippen molar-refractivity contribution in [3.63, 3.8) is 0 Å². The Bertz CT molecular complexity index is 1680. The number of hydrogen-bond donors (Lipinski definition) is 4. The minimum atomic E-state index is -5.08. The largest absolute Gasteiger partial charge is 0.490 e. The zero-order chi connectivity index (χ0) is 69.7. The Balaban J connectivity index is 0. The molecule has 0 saturated carbocycles. The van der Waals surface area contributed by atoms with Crippen LogP contribution < -0.4 is 16.0 Å². The van der Waals surface area contributed by atoms with Crippen LogP contribution in [0.1, 0.15) is 297 Å². The summed E-state index contributed by atoms with van der Waals surface area (Å²) >= 11 is 0. The quantitative estimate of drug-likeness (QED) is 0.0193. The van der Waals surface area contributed by atoms with Crippen molar-refractivity contribution < 1.29 is 80.1 Å². The van der Waals surface area contributed by atoms with Crippen molar-refractivity contribution in [1.82, 2.24) is 16.0 Å². The molecule has 0 aromatic heterocycles. The third-order valence-corrected chi connectivity index (χ3v) is 16.1. The van der Waals surface area contributed by atoms with E-state index in [0.29, 0.717) is 79.1 Å². The molecule has 0 rings (SSSR count). The van der Waals surface area contributed by atoms with Crippen molar-refractivity contribution in [3.05, 3.63) is 24.3 Å². The Morgan fingerprint density at radius 1 is 0.389 bits per heavy atom. The highest BCUT2D eigenvalue weighted by Gasteiger charge is 2.38. The van der Waals surface area contributed by atoms with Crippen molar-refractivity contribution in [2.24, 2.45) is 0 Å². The third-order valence-electron chi connectivity index (χ3n) is 16.1. The molecule has 4 N–H and O–H groups in total. The molecule has 0 aliphatic rings. The molecule has 17 nitrogen and oxygen atoms in total. The van der Waals surface area contributed by atoms with Gasteiger partial charge in [-0.25, -0.2) is 9.59 Å². The number of carbonyl (C=O) groups excluding carboxylic acids is 3. The van der Waals surface area contributed by atoms with Gasteiger partial charge in [-0.05, 0) is 77.0 Å². The number of carboxylic acids is 1. The number of carboxylic acid groups (broad SMARTS) is 1. The van der Waals surface area contributed by atoms with Gasteiger partial charge in [-0.15, -0.1) is 0 Å². The zero-order valence-electron chi connectivity index (χ0n) is 60.8. The summed E-state index contributed by atoms with van der Waals surface area (Å²) in [6, 6.07) is 0. The molecule has 0 fully saturated rings. The number of esters is 2. The SMILES string of the molecule is CCCCCCCC/C=C\CCCCCCCCOCC(OCCCCCCCC/C=C\CCCCCCCC)C(CCCCCCCCCCCCCCCC)OC(=O)NCCOCCOCCOCCOC(=O)CNCCOC(=O)CNCCOC.O=C(O)C(F)(F)F. The summed E-state index contributed by atoms with van der Waals surface area (Å²) in [6.45, 7) is 12.7. The minimum absolute atomic E-state index is 0.00542. The Morgan fingerprint density at radius 3 is 1.15 bits per heavy atom. The molecule has 2 atom stereocenters. The number of halogens is 3. The lowest BCUT2D eigenvalue weighted by atomic mass is 10.0. The summed E-state index contributed by atoms with van der Waals surface area (Å²) in [6.07, 6.45) is 57.8. The minimum Gasteiger partial charge on any atom is -0.475 e. The lowest BCUT2D eigenvalue weighted by Crippen LogP contribution is -2.41. The van der Waals surface area contributed by atoms with E-state index in [1.54, 1.807) is 7.11 Å². The van der Waals surface area contributed by atoms with Crippen LogP contribution in [0.3, 0.4) is 0 Å². The molecule has 0 bridgehead atoms. The Kier molecular flexibility index (Phi) is 76.9. The van der Waals surface area contributed by atoms with E-state index in [1.165, 1.54) is 238 Å². The summed E-state index contributed by atoms with van der Waals surface area (Å²) in [5, 5.41) is 15.9. The number of rotatable bonds is 74. The molecule has 0 radical (unpaired) electrons. The number of nitrogens with one attached hydrogen (secondary N) is 3. The van der Waals surface area contributed by atoms with Gasteiger partial charge >= 0.3 is 30.2 Å². The fourth-order valence-electron chi connectivity index (χ4n) is 10.4. The maximum atomic E-state index is 13.5. The van der Waals surface area contributed by atoms with Gasteiger partial charge in [0.2, 0.25) is 0 Å². The highest BCUT2D eigenvalue weighted by atomic mass is 19.4. The van der Waals surface area contributed by atoms with Gasteiger partial charge in [0.15, 0.2) is 0 Å². The van der Waals surface area contributed by atoms with E-state index in [9.17, 15) is 27.6 Å². The second kappa shape index (κ2) is 78.0. The normalized spacial score (nSPS) is 12.3. The van der Waals surface area contributed by atoms with E-state index >= 15 is 0 Å². The van der Waals surface area contributed by atoms with Crippen LogP contribution in [0.15, 0.2) is 24.3 Å². The van der Waals surface area contributed by atoms with Crippen LogP contribution in [-0.2, 0) is 57.0 Å². The molecule has 1 amide bonds. The first kappa shape index (κ1) is 93.7. The molecule has 0 spiro atoms. The summed E-state index contributed by atoms with van der Waals surface area (Å²) in [5.74, 6) is -3.54. The topological polar surface area (TPSA) is 208 Å². The number of aliphatic carboxylic acids is 1. The van der Waals surface area contributed by atoms with Gasteiger partial charge in [0, 0.05) is 40.0 Å². The zero-order valence-corrected chi connectivity index (χ0v) is 60.8.